The number of furan rings is 1. The maximum Gasteiger partial charge on any atom is 0.169 e. The van der Waals surface area contributed by atoms with Crippen LogP contribution < -0.4 is 0 Å². The molecule has 0 saturated heterocycles. The highest BCUT2D eigenvalue weighted by Crippen LogP contribution is 2.27. The van der Waals surface area contributed by atoms with Crippen LogP contribution in [0.25, 0.3) is 33.7 Å². The number of rotatable bonds is 3. The summed E-state index contributed by atoms with van der Waals surface area (Å²) in [6.07, 6.45) is 4.96. The number of benzene rings is 2. The maximum atomic E-state index is 14.0. The van der Waals surface area contributed by atoms with E-state index in [-0.39, 0.29) is 11.4 Å². The molecule has 132 valence electrons. The number of fused-ring (bicyclic) bond motifs is 2. The summed E-state index contributed by atoms with van der Waals surface area (Å²) < 4.78 is 34.5. The summed E-state index contributed by atoms with van der Waals surface area (Å²) in [6, 6.07) is 11.8. The van der Waals surface area contributed by atoms with Gasteiger partial charge in [-0.05, 0) is 35.9 Å². The lowest BCUT2D eigenvalue weighted by Crippen LogP contribution is -2.05. The highest BCUT2D eigenvalue weighted by atomic mass is 19.2. The molecule has 0 fully saturated rings. The lowest BCUT2D eigenvalue weighted by molar-refractivity contribution is 0.510. The third-order valence-electron chi connectivity index (χ3n) is 4.37. The number of hydrogen-bond donors (Lipinski definition) is 0. The van der Waals surface area contributed by atoms with Crippen molar-refractivity contribution in [2.45, 2.75) is 6.54 Å². The number of hydrogen-bond acceptors (Lipinski definition) is 4. The van der Waals surface area contributed by atoms with E-state index in [1.54, 1.807) is 23.3 Å². The summed E-state index contributed by atoms with van der Waals surface area (Å²) in [4.78, 5) is 8.60. The Morgan fingerprint density at radius 1 is 1.00 bits per heavy atom. The molecule has 7 heteroatoms. The molecule has 0 aliphatic carbocycles. The van der Waals surface area contributed by atoms with Crippen molar-refractivity contribution in [2.24, 2.45) is 0 Å². The first-order valence-electron chi connectivity index (χ1n) is 8.28. The first-order valence-corrected chi connectivity index (χ1v) is 8.28. The van der Waals surface area contributed by atoms with Crippen molar-refractivity contribution in [3.63, 3.8) is 0 Å². The van der Waals surface area contributed by atoms with E-state index >= 15 is 0 Å². The van der Waals surface area contributed by atoms with Gasteiger partial charge in [0.15, 0.2) is 17.5 Å². The number of imidazole rings is 1. The summed E-state index contributed by atoms with van der Waals surface area (Å²) in [5, 5.41) is 5.36. The van der Waals surface area contributed by atoms with E-state index in [1.807, 2.05) is 24.3 Å². The van der Waals surface area contributed by atoms with Crippen molar-refractivity contribution < 1.29 is 13.2 Å². The fourth-order valence-corrected chi connectivity index (χ4v) is 3.05. The van der Waals surface area contributed by atoms with Gasteiger partial charge in [-0.2, -0.15) is 5.10 Å². The van der Waals surface area contributed by atoms with Crippen molar-refractivity contribution in [1.29, 1.82) is 0 Å². The van der Waals surface area contributed by atoms with Crippen LogP contribution in [0.4, 0.5) is 8.78 Å². The minimum atomic E-state index is -0.956. The fourth-order valence-electron chi connectivity index (χ4n) is 3.05. The zero-order valence-corrected chi connectivity index (χ0v) is 13.9. The van der Waals surface area contributed by atoms with Crippen molar-refractivity contribution in [3.8, 4) is 22.8 Å². The molecule has 3 aromatic rings. The topological polar surface area (TPSA) is 56.7 Å². The van der Waals surface area contributed by atoms with Gasteiger partial charge in [0.1, 0.15) is 17.0 Å². The Kier molecular flexibility index (Phi) is 3.46. The fraction of sp³-hybridized carbons (Fsp3) is 0.0500. The van der Waals surface area contributed by atoms with Crippen molar-refractivity contribution in [2.75, 3.05) is 0 Å². The molecule has 0 unspecified atom stereocenters. The zero-order chi connectivity index (χ0) is 18.4. The molecule has 0 spiro atoms. The van der Waals surface area contributed by atoms with Gasteiger partial charge >= 0.3 is 0 Å². The maximum absolute atomic E-state index is 14.0. The molecule has 0 amide bonds. The van der Waals surface area contributed by atoms with Crippen LogP contribution in [-0.4, -0.2) is 19.7 Å². The van der Waals surface area contributed by atoms with Gasteiger partial charge in [-0.1, -0.05) is 12.1 Å². The number of aromatic nitrogens is 4. The lowest BCUT2D eigenvalue weighted by atomic mass is 10.1. The zero-order valence-electron chi connectivity index (χ0n) is 13.9. The third-order valence-corrected chi connectivity index (χ3v) is 4.37. The Labute approximate surface area is 152 Å². The van der Waals surface area contributed by atoms with Gasteiger partial charge in [0.2, 0.25) is 0 Å². The summed E-state index contributed by atoms with van der Waals surface area (Å²) in [6.45, 7) is 0.535. The average Bonchev–Trinajstić information content (AvgIpc) is 3.29. The monoisotopic (exact) mass is 362 g/mol. The molecule has 2 aliphatic rings. The van der Waals surface area contributed by atoms with Gasteiger partial charge in [0.25, 0.3) is 0 Å². The highest BCUT2D eigenvalue weighted by Gasteiger charge is 2.18. The highest BCUT2D eigenvalue weighted by molar-refractivity contribution is 5.77. The molecule has 5 rings (SSSR count). The molecular formula is C20H12F2N4O. The Morgan fingerprint density at radius 2 is 1.89 bits per heavy atom. The van der Waals surface area contributed by atoms with Gasteiger partial charge in [-0.15, -0.1) is 0 Å². The smallest absolute Gasteiger partial charge is 0.169 e. The molecule has 0 bridgehead atoms. The van der Waals surface area contributed by atoms with Crippen LogP contribution in [0.2, 0.25) is 0 Å². The molecule has 2 aromatic carbocycles. The Morgan fingerprint density at radius 3 is 2.81 bits per heavy atom. The molecule has 27 heavy (non-hydrogen) atoms. The van der Waals surface area contributed by atoms with Gasteiger partial charge in [-0.3, -0.25) is 4.68 Å². The SMILES string of the molecule is Fc1cccc(-c2nc3cnn(Cc4ccc5occc5c4)cc-3n2)c1F. The van der Waals surface area contributed by atoms with E-state index in [9.17, 15) is 8.78 Å². The summed E-state index contributed by atoms with van der Waals surface area (Å²) in [7, 11) is 0. The summed E-state index contributed by atoms with van der Waals surface area (Å²) >= 11 is 0. The van der Waals surface area contributed by atoms with E-state index < -0.39 is 11.6 Å². The molecule has 3 heterocycles. The molecule has 0 radical (unpaired) electrons. The summed E-state index contributed by atoms with van der Waals surface area (Å²) in [5.74, 6) is -1.74. The quantitative estimate of drug-likeness (QED) is 0.474. The van der Waals surface area contributed by atoms with Crippen LogP contribution in [-0.2, 0) is 6.54 Å². The van der Waals surface area contributed by atoms with Crippen LogP contribution in [0.1, 0.15) is 5.56 Å². The molecule has 5 nitrogen and oxygen atoms in total. The average molecular weight is 362 g/mol. The number of halogens is 2. The number of nitrogens with zero attached hydrogens (tertiary/aromatic N) is 4. The van der Waals surface area contributed by atoms with Crippen LogP contribution in [0.5, 0.6) is 0 Å². The Balaban J connectivity index is 1.50. The molecule has 0 atom stereocenters. The Hall–Kier alpha value is -3.61. The van der Waals surface area contributed by atoms with Crippen molar-refractivity contribution in [3.05, 3.63) is 78.3 Å². The van der Waals surface area contributed by atoms with Crippen LogP contribution in [0.3, 0.4) is 0 Å². The minimum Gasteiger partial charge on any atom is -0.464 e. The summed E-state index contributed by atoms with van der Waals surface area (Å²) in [5.41, 5.74) is 3.00. The first kappa shape index (κ1) is 15.6. The van der Waals surface area contributed by atoms with Crippen molar-refractivity contribution >= 4 is 11.0 Å². The predicted molar refractivity (Wildman–Crippen MR) is 95.1 cm³/mol. The van der Waals surface area contributed by atoms with Gasteiger partial charge in [-0.25, -0.2) is 18.7 Å². The predicted octanol–water partition coefficient (Wildman–Crippen LogP) is 4.52. The minimum absolute atomic E-state index is 0.0307. The van der Waals surface area contributed by atoms with E-state index in [2.05, 4.69) is 15.1 Å². The molecular weight excluding hydrogens is 350 g/mol. The molecule has 1 aromatic heterocycles. The van der Waals surface area contributed by atoms with Crippen LogP contribution in [0.15, 0.2) is 65.5 Å². The molecule has 0 N–H and O–H groups in total. The van der Waals surface area contributed by atoms with E-state index in [0.29, 0.717) is 17.9 Å². The van der Waals surface area contributed by atoms with Crippen molar-refractivity contribution in [1.82, 2.24) is 19.7 Å². The van der Waals surface area contributed by atoms with Crippen LogP contribution in [0, 0.1) is 11.6 Å². The van der Waals surface area contributed by atoms with E-state index in [4.69, 9.17) is 4.42 Å². The normalized spacial score (nSPS) is 11.5. The lowest BCUT2D eigenvalue weighted by Gasteiger charge is -2.06. The third kappa shape index (κ3) is 2.73. The molecule has 2 aliphatic heterocycles. The van der Waals surface area contributed by atoms with Crippen LogP contribution >= 0.6 is 0 Å². The van der Waals surface area contributed by atoms with Gasteiger partial charge in [0.05, 0.1) is 30.8 Å². The molecule has 0 saturated carbocycles. The second-order valence-electron chi connectivity index (χ2n) is 6.18. The first-order chi connectivity index (χ1) is 13.2. The second kappa shape index (κ2) is 5.98. The second-order valence-corrected chi connectivity index (χ2v) is 6.18. The standard InChI is InChI=1S/C20H12F2N4O/c21-15-3-1-2-14(19(15)22)20-24-16-9-23-26(11-17(16)25-20)10-12-4-5-18-13(8-12)6-7-27-18/h1-9,11H,10H2. The largest absolute Gasteiger partial charge is 0.464 e. The van der Waals surface area contributed by atoms with E-state index in [0.717, 1.165) is 22.6 Å². The van der Waals surface area contributed by atoms with Gasteiger partial charge in [0, 0.05) is 5.39 Å². The Bertz CT molecular complexity index is 1240. The van der Waals surface area contributed by atoms with E-state index in [1.165, 1.54) is 12.1 Å². The van der Waals surface area contributed by atoms with Gasteiger partial charge < -0.3 is 4.42 Å².